The fraction of sp³-hybridized carbons (Fsp3) is 0.833. The monoisotopic (exact) mass is 227 g/mol. The number of esters is 1. The van der Waals surface area contributed by atoms with E-state index in [0.717, 1.165) is 19.3 Å². The standard InChI is InChI=1S/C12H21NO3/c1-4-16-12(15)11(14)13(10-5-6-10)8-7-9(2)3/h9-10H,4-8H2,1-3H3. The molecule has 1 aliphatic carbocycles. The van der Waals surface area contributed by atoms with Crippen molar-refractivity contribution < 1.29 is 14.3 Å². The summed E-state index contributed by atoms with van der Waals surface area (Å²) in [6, 6.07) is 0.274. The van der Waals surface area contributed by atoms with Crippen LogP contribution in [0.15, 0.2) is 0 Å². The molecule has 4 nitrogen and oxygen atoms in total. The Balaban J connectivity index is 2.48. The molecule has 4 heteroatoms. The minimum atomic E-state index is -0.710. The summed E-state index contributed by atoms with van der Waals surface area (Å²) >= 11 is 0. The Kier molecular flexibility index (Phi) is 4.77. The van der Waals surface area contributed by atoms with E-state index in [0.29, 0.717) is 12.5 Å². The number of carbonyl (C=O) groups is 2. The molecule has 0 radical (unpaired) electrons. The third-order valence-corrected chi connectivity index (χ3v) is 2.65. The molecule has 0 aliphatic heterocycles. The SMILES string of the molecule is CCOC(=O)C(=O)N(CCC(C)C)C1CC1. The van der Waals surface area contributed by atoms with Crippen LogP contribution in [0.5, 0.6) is 0 Å². The van der Waals surface area contributed by atoms with Gasteiger partial charge in [0, 0.05) is 12.6 Å². The van der Waals surface area contributed by atoms with Crippen molar-refractivity contribution >= 4 is 11.9 Å². The molecule has 0 aromatic heterocycles. The molecule has 0 N–H and O–H groups in total. The average Bonchev–Trinajstić information content (AvgIpc) is 3.01. The lowest BCUT2D eigenvalue weighted by Gasteiger charge is -2.22. The van der Waals surface area contributed by atoms with Gasteiger partial charge in [0.2, 0.25) is 0 Å². The van der Waals surface area contributed by atoms with Crippen molar-refractivity contribution in [3.8, 4) is 0 Å². The molecule has 92 valence electrons. The Labute approximate surface area is 96.9 Å². The number of hydrogen-bond donors (Lipinski definition) is 0. The quantitative estimate of drug-likeness (QED) is 0.529. The molecule has 1 saturated carbocycles. The van der Waals surface area contributed by atoms with Gasteiger partial charge in [-0.25, -0.2) is 4.79 Å². The third-order valence-electron chi connectivity index (χ3n) is 2.65. The zero-order chi connectivity index (χ0) is 12.1. The molecule has 0 saturated heterocycles. The number of ether oxygens (including phenoxy) is 1. The van der Waals surface area contributed by atoms with E-state index < -0.39 is 11.9 Å². The molecule has 1 aliphatic rings. The van der Waals surface area contributed by atoms with Crippen molar-refractivity contribution in [3.63, 3.8) is 0 Å². The molecule has 0 bridgehead atoms. The Morgan fingerprint density at radius 3 is 2.44 bits per heavy atom. The Morgan fingerprint density at radius 2 is 2.00 bits per heavy atom. The van der Waals surface area contributed by atoms with E-state index in [1.807, 2.05) is 0 Å². The first kappa shape index (κ1) is 13.0. The lowest BCUT2D eigenvalue weighted by molar-refractivity contribution is -0.160. The molecule has 0 aromatic rings. The van der Waals surface area contributed by atoms with Crippen molar-refractivity contribution in [2.24, 2.45) is 5.92 Å². The maximum absolute atomic E-state index is 11.8. The van der Waals surface area contributed by atoms with Gasteiger partial charge in [0.1, 0.15) is 0 Å². The van der Waals surface area contributed by atoms with Crippen molar-refractivity contribution in [2.45, 2.75) is 46.1 Å². The maximum atomic E-state index is 11.8. The highest BCUT2D eigenvalue weighted by Crippen LogP contribution is 2.27. The molecule has 1 rings (SSSR count). The van der Waals surface area contributed by atoms with Gasteiger partial charge >= 0.3 is 11.9 Å². The molecular formula is C12H21NO3. The minimum Gasteiger partial charge on any atom is -0.459 e. The summed E-state index contributed by atoms with van der Waals surface area (Å²) in [6.07, 6.45) is 2.97. The first-order valence-corrected chi connectivity index (χ1v) is 6.04. The van der Waals surface area contributed by atoms with Crippen LogP contribution in [0.1, 0.15) is 40.0 Å². The van der Waals surface area contributed by atoms with E-state index in [-0.39, 0.29) is 12.6 Å². The summed E-state index contributed by atoms with van der Waals surface area (Å²) in [5.41, 5.74) is 0. The molecule has 0 spiro atoms. The summed E-state index contributed by atoms with van der Waals surface area (Å²) in [4.78, 5) is 24.8. The third kappa shape index (κ3) is 3.83. The van der Waals surface area contributed by atoms with E-state index >= 15 is 0 Å². The minimum absolute atomic E-state index is 0.257. The van der Waals surface area contributed by atoms with Crippen LogP contribution in [0.2, 0.25) is 0 Å². The second-order valence-electron chi connectivity index (χ2n) is 4.63. The van der Waals surface area contributed by atoms with Crippen LogP contribution >= 0.6 is 0 Å². The number of carbonyl (C=O) groups excluding carboxylic acids is 2. The van der Waals surface area contributed by atoms with Crippen LogP contribution in [0.25, 0.3) is 0 Å². The average molecular weight is 227 g/mol. The van der Waals surface area contributed by atoms with E-state index in [9.17, 15) is 9.59 Å². The molecule has 1 amide bonds. The zero-order valence-electron chi connectivity index (χ0n) is 10.4. The van der Waals surface area contributed by atoms with Gasteiger partial charge < -0.3 is 9.64 Å². The smallest absolute Gasteiger partial charge is 0.397 e. The first-order valence-electron chi connectivity index (χ1n) is 6.04. The highest BCUT2D eigenvalue weighted by atomic mass is 16.5. The summed E-state index contributed by atoms with van der Waals surface area (Å²) < 4.78 is 4.74. The van der Waals surface area contributed by atoms with E-state index in [1.54, 1.807) is 11.8 Å². The fourth-order valence-corrected chi connectivity index (χ4v) is 1.54. The molecule has 16 heavy (non-hydrogen) atoms. The van der Waals surface area contributed by atoms with Crippen LogP contribution in [-0.2, 0) is 14.3 Å². The van der Waals surface area contributed by atoms with Gasteiger partial charge in [0.15, 0.2) is 0 Å². The fourth-order valence-electron chi connectivity index (χ4n) is 1.54. The molecule has 0 heterocycles. The van der Waals surface area contributed by atoms with Gasteiger partial charge in [0.25, 0.3) is 0 Å². The van der Waals surface area contributed by atoms with Crippen LogP contribution in [-0.4, -0.2) is 36.0 Å². The number of amides is 1. The van der Waals surface area contributed by atoms with Crippen LogP contribution < -0.4 is 0 Å². The Morgan fingerprint density at radius 1 is 1.38 bits per heavy atom. The lowest BCUT2D eigenvalue weighted by Crippen LogP contribution is -2.40. The van der Waals surface area contributed by atoms with Crippen LogP contribution in [0, 0.1) is 5.92 Å². The topological polar surface area (TPSA) is 46.6 Å². The normalized spacial score (nSPS) is 15.0. The molecule has 0 atom stereocenters. The predicted molar refractivity (Wildman–Crippen MR) is 60.8 cm³/mol. The molecular weight excluding hydrogens is 206 g/mol. The number of hydrogen-bond acceptors (Lipinski definition) is 3. The van der Waals surface area contributed by atoms with Crippen molar-refractivity contribution in [1.29, 1.82) is 0 Å². The number of rotatable bonds is 5. The van der Waals surface area contributed by atoms with E-state index in [2.05, 4.69) is 13.8 Å². The molecule has 0 unspecified atom stereocenters. The van der Waals surface area contributed by atoms with Gasteiger partial charge in [-0.2, -0.15) is 0 Å². The second kappa shape index (κ2) is 5.87. The first-order chi connectivity index (χ1) is 7.56. The Bertz CT molecular complexity index is 259. The predicted octanol–water partition coefficient (Wildman–Crippen LogP) is 1.59. The summed E-state index contributed by atoms with van der Waals surface area (Å²) in [7, 11) is 0. The van der Waals surface area contributed by atoms with Crippen LogP contribution in [0.3, 0.4) is 0 Å². The summed E-state index contributed by atoms with van der Waals surface area (Å²) in [6.45, 7) is 6.86. The summed E-state index contributed by atoms with van der Waals surface area (Å²) in [5.74, 6) is -0.639. The largest absolute Gasteiger partial charge is 0.459 e. The van der Waals surface area contributed by atoms with E-state index in [4.69, 9.17) is 4.74 Å². The maximum Gasteiger partial charge on any atom is 0.397 e. The van der Waals surface area contributed by atoms with Gasteiger partial charge in [0.05, 0.1) is 6.61 Å². The van der Waals surface area contributed by atoms with Crippen LogP contribution in [0.4, 0.5) is 0 Å². The lowest BCUT2D eigenvalue weighted by atomic mass is 10.1. The van der Waals surface area contributed by atoms with Gasteiger partial charge in [-0.3, -0.25) is 4.79 Å². The number of nitrogens with zero attached hydrogens (tertiary/aromatic N) is 1. The van der Waals surface area contributed by atoms with Gasteiger partial charge in [-0.05, 0) is 32.1 Å². The van der Waals surface area contributed by atoms with Crippen molar-refractivity contribution in [1.82, 2.24) is 4.90 Å². The highest BCUT2D eigenvalue weighted by molar-refractivity contribution is 6.32. The van der Waals surface area contributed by atoms with Crippen molar-refractivity contribution in [3.05, 3.63) is 0 Å². The van der Waals surface area contributed by atoms with E-state index in [1.165, 1.54) is 0 Å². The second-order valence-corrected chi connectivity index (χ2v) is 4.63. The highest BCUT2D eigenvalue weighted by Gasteiger charge is 2.35. The zero-order valence-corrected chi connectivity index (χ0v) is 10.4. The summed E-state index contributed by atoms with van der Waals surface area (Å²) in [5, 5.41) is 0. The van der Waals surface area contributed by atoms with Gasteiger partial charge in [-0.1, -0.05) is 13.8 Å². The van der Waals surface area contributed by atoms with Gasteiger partial charge in [-0.15, -0.1) is 0 Å². The Hall–Kier alpha value is -1.06. The molecule has 1 fully saturated rings. The van der Waals surface area contributed by atoms with Crippen molar-refractivity contribution in [2.75, 3.05) is 13.2 Å². The molecule has 0 aromatic carbocycles.